The zero-order valence-electron chi connectivity index (χ0n) is 11.9. The Labute approximate surface area is 118 Å². The Kier molecular flexibility index (Phi) is 4.95. The number of carbonyl (C=O) groups is 1. The van der Waals surface area contributed by atoms with Crippen LogP contribution in [0.5, 0.6) is 5.75 Å². The van der Waals surface area contributed by atoms with Crippen molar-refractivity contribution in [2.75, 3.05) is 13.2 Å². The third-order valence-electron chi connectivity index (χ3n) is 3.20. The second kappa shape index (κ2) is 6.70. The van der Waals surface area contributed by atoms with Crippen LogP contribution in [0, 0.1) is 5.82 Å². The Bertz CT molecular complexity index is 477. The van der Waals surface area contributed by atoms with Crippen LogP contribution in [0.4, 0.5) is 4.39 Å². The van der Waals surface area contributed by atoms with Gasteiger partial charge in [-0.25, -0.2) is 4.39 Å². The van der Waals surface area contributed by atoms with Crippen molar-refractivity contribution in [2.45, 2.75) is 38.8 Å². The first-order valence-electron chi connectivity index (χ1n) is 7.01. The summed E-state index contributed by atoms with van der Waals surface area (Å²) in [7, 11) is 0. The molecule has 2 rings (SSSR count). The van der Waals surface area contributed by atoms with Gasteiger partial charge in [0.05, 0.1) is 13.2 Å². The molecule has 1 unspecified atom stereocenters. The van der Waals surface area contributed by atoms with Crippen LogP contribution < -0.4 is 15.4 Å². The number of benzene rings is 1. The first-order valence-corrected chi connectivity index (χ1v) is 7.01. The normalized spacial score (nSPS) is 18.1. The molecule has 2 N–H and O–H groups in total. The smallest absolute Gasteiger partial charge is 0.234 e. The van der Waals surface area contributed by atoms with Crippen molar-refractivity contribution in [3.05, 3.63) is 29.6 Å². The minimum Gasteiger partial charge on any atom is -0.493 e. The lowest BCUT2D eigenvalue weighted by atomic mass is 10.0. The van der Waals surface area contributed by atoms with Gasteiger partial charge in [-0.05, 0) is 44.9 Å². The predicted molar refractivity (Wildman–Crippen MR) is 75.2 cm³/mol. The van der Waals surface area contributed by atoms with Crippen LogP contribution >= 0.6 is 0 Å². The van der Waals surface area contributed by atoms with Gasteiger partial charge in [-0.1, -0.05) is 0 Å². The number of rotatable bonds is 4. The fourth-order valence-corrected chi connectivity index (χ4v) is 2.35. The van der Waals surface area contributed by atoms with Gasteiger partial charge in [-0.2, -0.15) is 0 Å². The maximum Gasteiger partial charge on any atom is 0.234 e. The Morgan fingerprint density at radius 2 is 2.30 bits per heavy atom. The van der Waals surface area contributed by atoms with E-state index in [2.05, 4.69) is 10.6 Å². The molecule has 1 aliphatic heterocycles. The van der Waals surface area contributed by atoms with Crippen LogP contribution in [-0.2, 0) is 4.79 Å². The van der Waals surface area contributed by atoms with Crippen molar-refractivity contribution in [1.29, 1.82) is 0 Å². The average molecular weight is 280 g/mol. The number of ether oxygens (including phenoxy) is 1. The number of amides is 1. The van der Waals surface area contributed by atoms with Gasteiger partial charge >= 0.3 is 0 Å². The van der Waals surface area contributed by atoms with E-state index in [0.717, 1.165) is 18.4 Å². The van der Waals surface area contributed by atoms with Crippen molar-refractivity contribution >= 4 is 5.91 Å². The summed E-state index contributed by atoms with van der Waals surface area (Å²) in [6, 6.07) is 4.59. The van der Waals surface area contributed by atoms with E-state index in [1.807, 2.05) is 13.8 Å². The fourth-order valence-electron chi connectivity index (χ4n) is 2.35. The summed E-state index contributed by atoms with van der Waals surface area (Å²) in [5, 5.41) is 6.02. The van der Waals surface area contributed by atoms with Crippen LogP contribution in [0.3, 0.4) is 0 Å². The second-order valence-electron chi connectivity index (χ2n) is 5.33. The molecule has 1 atom stereocenters. The maximum atomic E-state index is 13.4. The summed E-state index contributed by atoms with van der Waals surface area (Å²) in [5.74, 6) is 0.362. The molecule has 0 bridgehead atoms. The summed E-state index contributed by atoms with van der Waals surface area (Å²) >= 11 is 0. The molecule has 0 radical (unpaired) electrons. The van der Waals surface area contributed by atoms with E-state index >= 15 is 0 Å². The van der Waals surface area contributed by atoms with Crippen molar-refractivity contribution in [3.8, 4) is 5.75 Å². The average Bonchev–Trinajstić information content (AvgIpc) is 2.57. The molecule has 1 amide bonds. The molecule has 0 saturated carbocycles. The molecule has 0 aromatic heterocycles. The molecule has 0 fully saturated rings. The Hall–Kier alpha value is -1.62. The summed E-state index contributed by atoms with van der Waals surface area (Å²) in [6.07, 6.45) is 1.70. The van der Waals surface area contributed by atoms with Crippen molar-refractivity contribution < 1.29 is 13.9 Å². The lowest BCUT2D eigenvalue weighted by Gasteiger charge is -2.18. The minimum absolute atomic E-state index is 0.0527. The van der Waals surface area contributed by atoms with Crippen LogP contribution in [0.2, 0.25) is 0 Å². The summed E-state index contributed by atoms with van der Waals surface area (Å²) < 4.78 is 19.0. The molecule has 0 spiro atoms. The van der Waals surface area contributed by atoms with E-state index in [4.69, 9.17) is 4.74 Å². The second-order valence-corrected chi connectivity index (χ2v) is 5.33. The van der Waals surface area contributed by atoms with Crippen LogP contribution in [0.1, 0.15) is 38.3 Å². The molecular formula is C15H21FN2O2. The molecule has 0 saturated heterocycles. The molecule has 20 heavy (non-hydrogen) atoms. The molecule has 0 aliphatic carbocycles. The van der Waals surface area contributed by atoms with Crippen molar-refractivity contribution in [1.82, 2.24) is 10.6 Å². The topological polar surface area (TPSA) is 50.4 Å². The summed E-state index contributed by atoms with van der Waals surface area (Å²) in [6.45, 7) is 4.68. The van der Waals surface area contributed by atoms with Gasteiger partial charge in [0, 0.05) is 17.6 Å². The monoisotopic (exact) mass is 280 g/mol. The Morgan fingerprint density at radius 1 is 1.50 bits per heavy atom. The first-order chi connectivity index (χ1) is 9.56. The highest BCUT2D eigenvalue weighted by atomic mass is 19.1. The number of carbonyl (C=O) groups excluding carboxylic acids is 1. The van der Waals surface area contributed by atoms with E-state index in [-0.39, 0.29) is 30.4 Å². The van der Waals surface area contributed by atoms with Gasteiger partial charge < -0.3 is 15.4 Å². The highest BCUT2D eigenvalue weighted by molar-refractivity contribution is 5.78. The number of halogens is 1. The lowest BCUT2D eigenvalue weighted by Crippen LogP contribution is -2.38. The standard InChI is InChI=1S/C15H21FN2O2/c1-10(2)18-15(19)9-17-13-4-3-7-20-14-6-5-11(16)8-12(13)14/h5-6,8,10,13,17H,3-4,7,9H2,1-2H3,(H,18,19). The molecule has 1 aromatic rings. The number of nitrogens with one attached hydrogen (secondary N) is 2. The zero-order chi connectivity index (χ0) is 14.5. The molecule has 5 heteroatoms. The molecule has 1 heterocycles. The minimum atomic E-state index is -0.285. The van der Waals surface area contributed by atoms with Gasteiger partial charge in [-0.15, -0.1) is 0 Å². The van der Waals surface area contributed by atoms with Crippen LogP contribution in [0.25, 0.3) is 0 Å². The summed E-state index contributed by atoms with van der Waals surface area (Å²) in [5.41, 5.74) is 0.792. The quantitative estimate of drug-likeness (QED) is 0.888. The zero-order valence-corrected chi connectivity index (χ0v) is 11.9. The van der Waals surface area contributed by atoms with Gasteiger partial charge in [-0.3, -0.25) is 4.79 Å². The Balaban J connectivity index is 2.04. The summed E-state index contributed by atoms with van der Waals surface area (Å²) in [4.78, 5) is 11.7. The lowest BCUT2D eigenvalue weighted by molar-refractivity contribution is -0.120. The molecule has 1 aliphatic rings. The van der Waals surface area contributed by atoms with E-state index in [9.17, 15) is 9.18 Å². The first kappa shape index (κ1) is 14.8. The van der Waals surface area contributed by atoms with Crippen LogP contribution in [-0.4, -0.2) is 25.1 Å². The molecule has 110 valence electrons. The highest BCUT2D eigenvalue weighted by Gasteiger charge is 2.20. The predicted octanol–water partition coefficient (Wildman–Crippen LogP) is 2.15. The largest absolute Gasteiger partial charge is 0.493 e. The third kappa shape index (κ3) is 3.93. The highest BCUT2D eigenvalue weighted by Crippen LogP contribution is 2.31. The third-order valence-corrected chi connectivity index (χ3v) is 3.20. The van der Waals surface area contributed by atoms with Gasteiger partial charge in [0.1, 0.15) is 11.6 Å². The van der Waals surface area contributed by atoms with Gasteiger partial charge in [0.15, 0.2) is 0 Å². The van der Waals surface area contributed by atoms with E-state index in [1.54, 1.807) is 6.07 Å². The fraction of sp³-hybridized carbons (Fsp3) is 0.533. The van der Waals surface area contributed by atoms with Crippen LogP contribution in [0.15, 0.2) is 18.2 Å². The number of hydrogen-bond acceptors (Lipinski definition) is 3. The maximum absolute atomic E-state index is 13.4. The number of fused-ring (bicyclic) bond motifs is 1. The number of hydrogen-bond donors (Lipinski definition) is 2. The van der Waals surface area contributed by atoms with E-state index in [1.165, 1.54) is 12.1 Å². The van der Waals surface area contributed by atoms with E-state index in [0.29, 0.717) is 12.4 Å². The van der Waals surface area contributed by atoms with Gasteiger partial charge in [0.2, 0.25) is 5.91 Å². The van der Waals surface area contributed by atoms with Gasteiger partial charge in [0.25, 0.3) is 0 Å². The van der Waals surface area contributed by atoms with Crippen molar-refractivity contribution in [2.24, 2.45) is 0 Å². The molecule has 4 nitrogen and oxygen atoms in total. The Morgan fingerprint density at radius 3 is 3.05 bits per heavy atom. The SMILES string of the molecule is CC(C)NC(=O)CNC1CCCOc2ccc(F)cc21. The molecule has 1 aromatic carbocycles. The van der Waals surface area contributed by atoms with Crippen molar-refractivity contribution in [3.63, 3.8) is 0 Å². The molecular weight excluding hydrogens is 259 g/mol. The van der Waals surface area contributed by atoms with E-state index < -0.39 is 0 Å².